The number of nitrogens with two attached hydrogens (primary N) is 1. The summed E-state index contributed by atoms with van der Waals surface area (Å²) in [4.78, 5) is 23.6. The van der Waals surface area contributed by atoms with Crippen molar-refractivity contribution in [3.63, 3.8) is 0 Å². The number of nitrogens with one attached hydrogen (secondary N) is 1. The second kappa shape index (κ2) is 10.5. The van der Waals surface area contributed by atoms with Crippen molar-refractivity contribution in [2.75, 3.05) is 25.8 Å². The molecule has 13 heteroatoms. The van der Waals surface area contributed by atoms with Gasteiger partial charge >= 0.3 is 5.97 Å². The summed E-state index contributed by atoms with van der Waals surface area (Å²) in [5.74, 6) is -0.842. The van der Waals surface area contributed by atoms with Gasteiger partial charge in [-0.25, -0.2) is 10.1 Å². The number of benzene rings is 1. The Balaban J connectivity index is 1.63. The summed E-state index contributed by atoms with van der Waals surface area (Å²) in [5.41, 5.74) is 7.43. The Hall–Kier alpha value is -3.05. The zero-order valence-electron chi connectivity index (χ0n) is 17.7. The van der Waals surface area contributed by atoms with Gasteiger partial charge in [-0.2, -0.15) is 9.97 Å². The van der Waals surface area contributed by atoms with Gasteiger partial charge in [-0.3, -0.25) is 9.36 Å². The number of fused-ring (bicyclic) bond motifs is 1. The van der Waals surface area contributed by atoms with Crippen molar-refractivity contribution in [1.82, 2.24) is 24.6 Å². The van der Waals surface area contributed by atoms with Crippen LogP contribution in [0.1, 0.15) is 12.5 Å². The van der Waals surface area contributed by atoms with E-state index >= 15 is 0 Å². The van der Waals surface area contributed by atoms with Gasteiger partial charge in [-0.1, -0.05) is 30.3 Å². The van der Waals surface area contributed by atoms with Gasteiger partial charge in [-0.15, -0.1) is 0 Å². The lowest BCUT2D eigenvalue weighted by atomic mass is 10.2. The zero-order chi connectivity index (χ0) is 23.1. The van der Waals surface area contributed by atoms with Crippen molar-refractivity contribution in [2.45, 2.75) is 26.1 Å². The van der Waals surface area contributed by atoms with E-state index in [0.717, 1.165) is 5.56 Å². The molecular formula is C19H25N6O6P. The summed E-state index contributed by atoms with van der Waals surface area (Å²) >= 11 is 0. The number of methoxy groups -OCH3 is 1. The van der Waals surface area contributed by atoms with E-state index in [1.807, 2.05) is 30.3 Å². The summed E-state index contributed by atoms with van der Waals surface area (Å²) in [7, 11) is -2.15. The fourth-order valence-electron chi connectivity index (χ4n) is 2.80. The van der Waals surface area contributed by atoms with E-state index < -0.39 is 19.5 Å². The number of ether oxygens (including phenoxy) is 2. The van der Waals surface area contributed by atoms with Crippen LogP contribution in [0, 0.1) is 0 Å². The molecular weight excluding hydrogens is 439 g/mol. The van der Waals surface area contributed by atoms with E-state index in [4.69, 9.17) is 19.7 Å². The van der Waals surface area contributed by atoms with Crippen LogP contribution in [-0.2, 0) is 31.8 Å². The van der Waals surface area contributed by atoms with Crippen LogP contribution in [0.25, 0.3) is 11.2 Å². The first-order chi connectivity index (χ1) is 15.3. The average molecular weight is 464 g/mol. The van der Waals surface area contributed by atoms with Gasteiger partial charge in [0, 0.05) is 6.54 Å². The van der Waals surface area contributed by atoms with Crippen LogP contribution < -0.4 is 15.6 Å². The number of imidazole rings is 1. The fourth-order valence-corrected chi connectivity index (χ4v) is 4.45. The molecule has 0 saturated heterocycles. The van der Waals surface area contributed by atoms with E-state index in [9.17, 15) is 14.5 Å². The Kier molecular flexibility index (Phi) is 7.75. The average Bonchev–Trinajstić information content (AvgIpc) is 3.18. The summed E-state index contributed by atoms with van der Waals surface area (Å²) in [5, 5.41) is 11.7. The first kappa shape index (κ1) is 23.6. The highest BCUT2D eigenvalue weighted by Crippen LogP contribution is 2.43. The highest BCUT2D eigenvalue weighted by Gasteiger charge is 2.28. The molecule has 0 aliphatic heterocycles. The Morgan fingerprint density at radius 3 is 2.75 bits per heavy atom. The predicted molar refractivity (Wildman–Crippen MR) is 116 cm³/mol. The molecule has 0 fully saturated rings. The van der Waals surface area contributed by atoms with Crippen LogP contribution >= 0.6 is 7.52 Å². The molecule has 0 aliphatic rings. The molecule has 12 nitrogen and oxygen atoms in total. The SMILES string of the molecule is COc1nc(N)nc2c1ncn2CCOC[P@](=O)(N[C@@H](C)C(=O)O)OCc1ccccc1. The van der Waals surface area contributed by atoms with E-state index in [1.165, 1.54) is 14.0 Å². The molecule has 32 heavy (non-hydrogen) atoms. The Morgan fingerprint density at radius 2 is 2.06 bits per heavy atom. The number of carboxylic acids is 1. The molecule has 0 bridgehead atoms. The summed E-state index contributed by atoms with van der Waals surface area (Å²) in [6.45, 7) is 1.89. The molecule has 0 amide bonds. The number of aliphatic carboxylic acids is 1. The Labute approximate surface area is 184 Å². The molecule has 2 aromatic heterocycles. The molecule has 0 aliphatic carbocycles. The summed E-state index contributed by atoms with van der Waals surface area (Å²) in [6.07, 6.45) is 1.23. The zero-order valence-corrected chi connectivity index (χ0v) is 18.6. The Bertz CT molecular complexity index is 1110. The minimum atomic E-state index is -3.61. The highest BCUT2D eigenvalue weighted by atomic mass is 31.2. The molecule has 3 rings (SSSR count). The second-order valence-electron chi connectivity index (χ2n) is 6.86. The lowest BCUT2D eigenvalue weighted by molar-refractivity contribution is -0.138. The van der Waals surface area contributed by atoms with Crippen LogP contribution in [0.4, 0.5) is 5.95 Å². The molecule has 1 aromatic carbocycles. The quantitative estimate of drug-likeness (QED) is 0.265. The third kappa shape index (κ3) is 6.01. The predicted octanol–water partition coefficient (Wildman–Crippen LogP) is 1.86. The van der Waals surface area contributed by atoms with Crippen molar-refractivity contribution in [3.05, 3.63) is 42.2 Å². The molecule has 0 unspecified atom stereocenters. The molecule has 0 radical (unpaired) electrons. The molecule has 2 heterocycles. The number of aromatic nitrogens is 4. The van der Waals surface area contributed by atoms with E-state index in [-0.39, 0.29) is 31.4 Å². The Morgan fingerprint density at radius 1 is 1.31 bits per heavy atom. The number of carbonyl (C=O) groups is 1. The first-order valence-electron chi connectivity index (χ1n) is 9.69. The van der Waals surface area contributed by atoms with Gasteiger partial charge in [0.25, 0.3) is 7.52 Å². The van der Waals surface area contributed by atoms with Crippen molar-refractivity contribution >= 4 is 30.6 Å². The highest BCUT2D eigenvalue weighted by molar-refractivity contribution is 7.56. The minimum absolute atomic E-state index is 0.0442. The van der Waals surface area contributed by atoms with Crippen LogP contribution in [0.15, 0.2) is 36.7 Å². The monoisotopic (exact) mass is 464 g/mol. The summed E-state index contributed by atoms with van der Waals surface area (Å²) in [6, 6.07) is 8.06. The minimum Gasteiger partial charge on any atom is -0.480 e. The smallest absolute Gasteiger partial charge is 0.320 e. The number of anilines is 1. The van der Waals surface area contributed by atoms with Crippen molar-refractivity contribution in [1.29, 1.82) is 0 Å². The van der Waals surface area contributed by atoms with Crippen LogP contribution in [-0.4, -0.2) is 56.7 Å². The first-order valence-corrected chi connectivity index (χ1v) is 11.5. The molecule has 4 N–H and O–H groups in total. The molecule has 3 aromatic rings. The van der Waals surface area contributed by atoms with Crippen LogP contribution in [0.5, 0.6) is 5.88 Å². The molecule has 172 valence electrons. The van der Waals surface area contributed by atoms with E-state index in [1.54, 1.807) is 10.9 Å². The maximum atomic E-state index is 13.2. The van der Waals surface area contributed by atoms with Crippen LogP contribution in [0.3, 0.4) is 0 Å². The standard InChI is InChI=1S/C19H25N6O6P/c1-13(18(26)27)24-32(28,31-10-14-6-4-3-5-7-14)12-30-9-8-25-11-21-15-16(25)22-19(20)23-17(15)29-2/h3-7,11,13H,8-10,12H2,1-2H3,(H,24,28)(H,26,27)(H2,20,22,23)/t13-,32+/m0/s1. The normalized spacial score (nSPS) is 14.2. The number of hydrogen-bond acceptors (Lipinski definition) is 9. The number of carboxylic acid groups (broad SMARTS) is 1. The van der Waals surface area contributed by atoms with Gasteiger partial charge < -0.3 is 29.4 Å². The topological polar surface area (TPSA) is 164 Å². The second-order valence-corrected chi connectivity index (χ2v) is 8.98. The summed E-state index contributed by atoms with van der Waals surface area (Å²) < 4.78 is 31.2. The molecule has 0 spiro atoms. The van der Waals surface area contributed by atoms with E-state index in [0.29, 0.717) is 17.7 Å². The number of nitrogen functional groups attached to an aromatic ring is 1. The van der Waals surface area contributed by atoms with Gasteiger partial charge in [-0.05, 0) is 12.5 Å². The maximum absolute atomic E-state index is 13.2. The maximum Gasteiger partial charge on any atom is 0.320 e. The third-order valence-corrected chi connectivity index (χ3v) is 6.27. The lowest BCUT2D eigenvalue weighted by Crippen LogP contribution is -2.33. The fraction of sp³-hybridized carbons (Fsp3) is 0.368. The van der Waals surface area contributed by atoms with Gasteiger partial charge in [0.2, 0.25) is 11.8 Å². The molecule has 0 saturated carbocycles. The molecule has 2 atom stereocenters. The van der Waals surface area contributed by atoms with Crippen molar-refractivity contribution in [2.24, 2.45) is 0 Å². The van der Waals surface area contributed by atoms with Gasteiger partial charge in [0.05, 0.1) is 26.7 Å². The van der Waals surface area contributed by atoms with Crippen molar-refractivity contribution in [3.8, 4) is 5.88 Å². The van der Waals surface area contributed by atoms with Crippen molar-refractivity contribution < 1.29 is 28.5 Å². The van der Waals surface area contributed by atoms with Gasteiger partial charge in [0.15, 0.2) is 11.2 Å². The van der Waals surface area contributed by atoms with Crippen LogP contribution in [0.2, 0.25) is 0 Å². The number of hydrogen-bond donors (Lipinski definition) is 3. The number of rotatable bonds is 12. The third-order valence-electron chi connectivity index (χ3n) is 4.42. The van der Waals surface area contributed by atoms with E-state index in [2.05, 4.69) is 20.0 Å². The number of nitrogens with zero attached hydrogens (tertiary/aromatic N) is 4. The largest absolute Gasteiger partial charge is 0.480 e. The lowest BCUT2D eigenvalue weighted by Gasteiger charge is -2.22. The van der Waals surface area contributed by atoms with Gasteiger partial charge in [0.1, 0.15) is 12.4 Å².